The first-order chi connectivity index (χ1) is 17.4. The third-order valence-electron chi connectivity index (χ3n) is 5.35. The Morgan fingerprint density at radius 3 is 2.17 bits per heavy atom. The fourth-order valence-electron chi connectivity index (χ4n) is 3.55. The molecule has 1 amide bonds. The number of alkyl halides is 3. The highest BCUT2D eigenvalue weighted by Crippen LogP contribution is 2.30. The Morgan fingerprint density at radius 1 is 0.806 bits per heavy atom. The van der Waals surface area contributed by atoms with E-state index < -0.39 is 11.7 Å². The largest absolute Gasteiger partial charge is 0.416 e. The van der Waals surface area contributed by atoms with E-state index in [2.05, 4.69) is 20.6 Å². The van der Waals surface area contributed by atoms with Crippen LogP contribution in [0.15, 0.2) is 96.2 Å². The lowest BCUT2D eigenvalue weighted by Crippen LogP contribution is -2.14. The molecule has 0 saturated carbocycles. The third-order valence-corrected chi connectivity index (χ3v) is 6.27. The molecule has 2 heterocycles. The van der Waals surface area contributed by atoms with Gasteiger partial charge in [0.05, 0.1) is 17.0 Å². The number of hydrogen-bond donors (Lipinski definition) is 1. The molecule has 0 bridgehead atoms. The summed E-state index contributed by atoms with van der Waals surface area (Å²) in [4.78, 5) is 12.3. The summed E-state index contributed by atoms with van der Waals surface area (Å²) >= 11 is 1.13. The van der Waals surface area contributed by atoms with E-state index in [1.807, 2.05) is 60.7 Å². The van der Waals surface area contributed by atoms with E-state index in [-0.39, 0.29) is 17.3 Å². The zero-order valence-electron chi connectivity index (χ0n) is 18.6. The summed E-state index contributed by atoms with van der Waals surface area (Å²) in [5.74, 6) is -0.399. The lowest BCUT2D eigenvalue weighted by molar-refractivity contribution is -0.137. The second-order valence-electron chi connectivity index (χ2n) is 7.83. The van der Waals surface area contributed by atoms with Crippen molar-refractivity contribution in [3.8, 4) is 22.4 Å². The van der Waals surface area contributed by atoms with Gasteiger partial charge < -0.3 is 5.32 Å². The van der Waals surface area contributed by atoms with E-state index in [0.717, 1.165) is 46.3 Å². The molecule has 0 aliphatic heterocycles. The van der Waals surface area contributed by atoms with Gasteiger partial charge in [0.1, 0.15) is 0 Å². The molecule has 36 heavy (non-hydrogen) atoms. The quantitative estimate of drug-likeness (QED) is 0.278. The average Bonchev–Trinajstić information content (AvgIpc) is 3.30. The van der Waals surface area contributed by atoms with Crippen LogP contribution in [0.4, 0.5) is 18.9 Å². The molecule has 1 N–H and O–H groups in total. The van der Waals surface area contributed by atoms with Gasteiger partial charge in [-0.05, 0) is 47.5 Å². The van der Waals surface area contributed by atoms with E-state index in [0.29, 0.717) is 10.8 Å². The van der Waals surface area contributed by atoms with Crippen LogP contribution in [0.1, 0.15) is 5.56 Å². The molecular weight excluding hydrogens is 487 g/mol. The molecule has 6 nitrogen and oxygen atoms in total. The molecule has 0 atom stereocenters. The fourth-order valence-corrected chi connectivity index (χ4v) is 4.23. The van der Waals surface area contributed by atoms with Crippen LogP contribution < -0.4 is 5.32 Å². The SMILES string of the molecule is O=C(CSc1nnc2ccc(-c3ccc(-c4ccccc4)cc3)nn12)Nc1ccc(C(F)(F)F)cc1. The lowest BCUT2D eigenvalue weighted by Gasteiger charge is -2.08. The van der Waals surface area contributed by atoms with Crippen LogP contribution >= 0.6 is 11.8 Å². The molecule has 180 valence electrons. The summed E-state index contributed by atoms with van der Waals surface area (Å²) in [7, 11) is 0. The number of rotatable bonds is 6. The number of fused-ring (bicyclic) bond motifs is 1. The maximum atomic E-state index is 12.7. The number of nitrogens with zero attached hydrogens (tertiary/aromatic N) is 4. The summed E-state index contributed by atoms with van der Waals surface area (Å²) in [6.07, 6.45) is -4.43. The molecular formula is C26H18F3N5OS. The Balaban J connectivity index is 1.27. The van der Waals surface area contributed by atoms with Gasteiger partial charge in [-0.15, -0.1) is 10.2 Å². The van der Waals surface area contributed by atoms with E-state index >= 15 is 0 Å². The van der Waals surface area contributed by atoms with Crippen LogP contribution in [-0.4, -0.2) is 31.5 Å². The van der Waals surface area contributed by atoms with Crippen LogP contribution in [0.25, 0.3) is 28.0 Å². The molecule has 3 aromatic carbocycles. The molecule has 5 aromatic rings. The Morgan fingerprint density at radius 2 is 1.47 bits per heavy atom. The molecule has 0 spiro atoms. The smallest absolute Gasteiger partial charge is 0.325 e. The summed E-state index contributed by atoms with van der Waals surface area (Å²) in [5, 5.41) is 15.8. The van der Waals surface area contributed by atoms with E-state index in [1.165, 1.54) is 12.1 Å². The van der Waals surface area contributed by atoms with Gasteiger partial charge in [-0.3, -0.25) is 4.79 Å². The lowest BCUT2D eigenvalue weighted by atomic mass is 10.0. The normalized spacial score (nSPS) is 11.5. The number of nitrogens with one attached hydrogen (secondary N) is 1. The van der Waals surface area contributed by atoms with Crippen molar-refractivity contribution in [3.05, 3.63) is 96.6 Å². The van der Waals surface area contributed by atoms with Crippen molar-refractivity contribution < 1.29 is 18.0 Å². The number of hydrogen-bond acceptors (Lipinski definition) is 5. The van der Waals surface area contributed by atoms with Crippen LogP contribution in [0.3, 0.4) is 0 Å². The predicted molar refractivity (Wildman–Crippen MR) is 132 cm³/mol. The standard InChI is InChI=1S/C26H18F3N5OS/c27-26(28,29)20-10-12-21(13-11-20)30-24(35)16-36-25-32-31-23-15-14-22(33-34(23)25)19-8-6-18(7-9-19)17-4-2-1-3-5-17/h1-15H,16H2,(H,30,35). The van der Waals surface area contributed by atoms with Crippen LogP contribution in [0.2, 0.25) is 0 Å². The van der Waals surface area contributed by atoms with Gasteiger partial charge in [0, 0.05) is 11.3 Å². The first-order valence-electron chi connectivity index (χ1n) is 10.8. The monoisotopic (exact) mass is 505 g/mol. The number of benzene rings is 3. The van der Waals surface area contributed by atoms with Gasteiger partial charge in [-0.2, -0.15) is 22.8 Å². The minimum Gasteiger partial charge on any atom is -0.325 e. The average molecular weight is 506 g/mol. The van der Waals surface area contributed by atoms with Gasteiger partial charge >= 0.3 is 6.18 Å². The maximum Gasteiger partial charge on any atom is 0.416 e. The number of thioether (sulfide) groups is 1. The molecule has 0 unspecified atom stereocenters. The van der Waals surface area contributed by atoms with Crippen LogP contribution in [0, 0.1) is 0 Å². The number of carbonyl (C=O) groups is 1. The zero-order chi connectivity index (χ0) is 25.1. The van der Waals surface area contributed by atoms with E-state index in [9.17, 15) is 18.0 Å². The summed E-state index contributed by atoms with van der Waals surface area (Å²) in [6, 6.07) is 26.0. The second kappa shape index (κ2) is 9.82. The molecule has 0 aliphatic carbocycles. The molecule has 10 heteroatoms. The van der Waals surface area contributed by atoms with E-state index in [1.54, 1.807) is 10.6 Å². The maximum absolute atomic E-state index is 12.7. The van der Waals surface area contributed by atoms with Crippen LogP contribution in [0.5, 0.6) is 0 Å². The number of carbonyl (C=O) groups excluding carboxylic acids is 1. The van der Waals surface area contributed by atoms with Crippen LogP contribution in [-0.2, 0) is 11.0 Å². The first-order valence-corrected chi connectivity index (χ1v) is 11.8. The molecule has 0 saturated heterocycles. The Bertz CT molecular complexity index is 1500. The minimum atomic E-state index is -4.43. The topological polar surface area (TPSA) is 72.2 Å². The predicted octanol–water partition coefficient (Wildman–Crippen LogP) is 6.21. The number of aromatic nitrogens is 4. The molecule has 0 aliphatic rings. The van der Waals surface area contributed by atoms with Crippen molar-refractivity contribution in [3.63, 3.8) is 0 Å². The molecule has 0 radical (unpaired) electrons. The van der Waals surface area contributed by atoms with E-state index in [4.69, 9.17) is 0 Å². The summed E-state index contributed by atoms with van der Waals surface area (Å²) in [5.41, 5.74) is 3.89. The second-order valence-corrected chi connectivity index (χ2v) is 8.77. The Labute approximate surface area is 208 Å². The van der Waals surface area contributed by atoms with Crippen molar-refractivity contribution in [1.82, 2.24) is 19.8 Å². The number of anilines is 1. The highest BCUT2D eigenvalue weighted by atomic mass is 32.2. The summed E-state index contributed by atoms with van der Waals surface area (Å²) in [6.45, 7) is 0. The zero-order valence-corrected chi connectivity index (χ0v) is 19.4. The van der Waals surface area contributed by atoms with Crippen molar-refractivity contribution in [2.75, 3.05) is 11.1 Å². The number of halogens is 3. The van der Waals surface area contributed by atoms with Crippen molar-refractivity contribution in [2.45, 2.75) is 11.3 Å². The van der Waals surface area contributed by atoms with Gasteiger partial charge in [-0.25, -0.2) is 0 Å². The van der Waals surface area contributed by atoms with Gasteiger partial charge in [0.15, 0.2) is 5.65 Å². The first kappa shape index (κ1) is 23.6. The van der Waals surface area contributed by atoms with Crippen molar-refractivity contribution in [1.29, 1.82) is 0 Å². The Hall–Kier alpha value is -4.18. The third kappa shape index (κ3) is 5.23. The molecule has 0 fully saturated rings. The highest BCUT2D eigenvalue weighted by Gasteiger charge is 2.30. The molecule has 5 rings (SSSR count). The summed E-state index contributed by atoms with van der Waals surface area (Å²) < 4.78 is 39.7. The van der Waals surface area contributed by atoms with Gasteiger partial charge in [-0.1, -0.05) is 66.4 Å². The van der Waals surface area contributed by atoms with Gasteiger partial charge in [0.25, 0.3) is 0 Å². The number of amides is 1. The van der Waals surface area contributed by atoms with Crippen molar-refractivity contribution >= 4 is 29.0 Å². The van der Waals surface area contributed by atoms with Gasteiger partial charge in [0.2, 0.25) is 11.1 Å². The van der Waals surface area contributed by atoms with Crippen molar-refractivity contribution in [2.24, 2.45) is 0 Å². The molecule has 2 aromatic heterocycles. The Kier molecular flexibility index (Phi) is 6.43. The minimum absolute atomic E-state index is 0.0144. The fraction of sp³-hybridized carbons (Fsp3) is 0.0769. The highest BCUT2D eigenvalue weighted by molar-refractivity contribution is 7.99.